The fourth-order valence-corrected chi connectivity index (χ4v) is 4.32. The van der Waals surface area contributed by atoms with Crippen LogP contribution in [0.3, 0.4) is 0 Å². The average Bonchev–Trinajstić information content (AvgIpc) is 3.30. The zero-order valence-electron chi connectivity index (χ0n) is 15.1. The molecule has 2 heterocycles. The van der Waals surface area contributed by atoms with E-state index in [1.165, 1.54) is 30.0 Å². The number of carbonyl (C=O) groups is 1. The van der Waals surface area contributed by atoms with E-state index in [-0.39, 0.29) is 11.6 Å². The number of hydrogen-bond donors (Lipinski definition) is 2. The summed E-state index contributed by atoms with van der Waals surface area (Å²) >= 11 is 4.53. The van der Waals surface area contributed by atoms with Crippen molar-refractivity contribution in [1.82, 2.24) is 5.32 Å². The molecular formula is C20H13BrFN3O4S. The number of amides is 1. The van der Waals surface area contributed by atoms with E-state index in [1.807, 2.05) is 0 Å². The molecule has 30 heavy (non-hydrogen) atoms. The topological polar surface area (TPSA) is 97.4 Å². The van der Waals surface area contributed by atoms with E-state index in [2.05, 4.69) is 26.6 Å². The summed E-state index contributed by atoms with van der Waals surface area (Å²) in [6, 6.07) is 14.0. The van der Waals surface area contributed by atoms with Gasteiger partial charge in [0.05, 0.1) is 15.5 Å². The molecule has 1 aromatic heterocycles. The Bertz CT molecular complexity index is 1180. The monoisotopic (exact) mass is 489 g/mol. The van der Waals surface area contributed by atoms with E-state index in [0.29, 0.717) is 32.1 Å². The van der Waals surface area contributed by atoms with Gasteiger partial charge in [-0.1, -0.05) is 23.9 Å². The zero-order chi connectivity index (χ0) is 21.3. The second-order valence-corrected chi connectivity index (χ2v) is 8.23. The van der Waals surface area contributed by atoms with Crippen LogP contribution in [0.4, 0.5) is 15.8 Å². The molecule has 0 bridgehead atoms. The fourth-order valence-electron chi connectivity index (χ4n) is 2.81. The number of furan rings is 1. The summed E-state index contributed by atoms with van der Waals surface area (Å²) in [5.74, 6) is 0.227. The molecule has 0 aliphatic carbocycles. The van der Waals surface area contributed by atoms with E-state index in [0.717, 1.165) is 0 Å². The van der Waals surface area contributed by atoms with Crippen LogP contribution in [0.25, 0.3) is 17.4 Å². The normalized spacial score (nSPS) is 17.2. The smallest absolute Gasteiger partial charge is 0.270 e. The highest BCUT2D eigenvalue weighted by Gasteiger charge is 2.28. The molecule has 1 unspecified atom stereocenters. The molecule has 3 aromatic rings. The standard InChI is InChI=1S/C20H13BrFN3O4S/c21-14-9-11(25(27)28)5-7-13(14)17-8-6-12(29-17)10-18-19(26)24-20(30-18)23-16-4-2-1-3-15(16)22/h1-10,20,23H,(H,24,26)/b18-10-. The average molecular weight is 490 g/mol. The Kier molecular flexibility index (Phi) is 5.60. The van der Waals surface area contributed by atoms with E-state index in [1.54, 1.807) is 42.5 Å². The van der Waals surface area contributed by atoms with Crippen molar-refractivity contribution in [2.24, 2.45) is 0 Å². The molecule has 2 aromatic carbocycles. The molecule has 152 valence electrons. The number of nitro benzene ring substituents is 1. The van der Waals surface area contributed by atoms with Gasteiger partial charge in [-0.05, 0) is 46.3 Å². The number of nitrogens with one attached hydrogen (secondary N) is 2. The molecule has 1 aliphatic rings. The summed E-state index contributed by atoms with van der Waals surface area (Å²) in [7, 11) is 0. The SMILES string of the molecule is O=C1NC(Nc2ccccc2F)S/C1=C\c1ccc(-c2ccc([N+](=O)[O-])cc2Br)o1. The van der Waals surface area contributed by atoms with Crippen LogP contribution in [0, 0.1) is 15.9 Å². The third-order valence-corrected chi connectivity index (χ3v) is 5.91. The summed E-state index contributed by atoms with van der Waals surface area (Å²) in [5, 5.41) is 16.5. The van der Waals surface area contributed by atoms with Crippen molar-refractivity contribution in [2.45, 2.75) is 5.50 Å². The highest BCUT2D eigenvalue weighted by atomic mass is 79.9. The Labute approximate surface area is 182 Å². The molecule has 1 fully saturated rings. The van der Waals surface area contributed by atoms with Gasteiger partial charge in [-0.2, -0.15) is 0 Å². The van der Waals surface area contributed by atoms with Crippen LogP contribution < -0.4 is 10.6 Å². The van der Waals surface area contributed by atoms with Crippen molar-refractivity contribution in [3.8, 4) is 11.3 Å². The molecule has 4 rings (SSSR count). The van der Waals surface area contributed by atoms with Crippen molar-refractivity contribution < 1.29 is 18.5 Å². The summed E-state index contributed by atoms with van der Waals surface area (Å²) in [6.07, 6.45) is 1.59. The van der Waals surface area contributed by atoms with Crippen LogP contribution in [-0.2, 0) is 4.79 Å². The Hall–Kier alpha value is -3.11. The first-order valence-electron chi connectivity index (χ1n) is 8.65. The number of hydrogen-bond acceptors (Lipinski definition) is 6. The highest BCUT2D eigenvalue weighted by molar-refractivity contribution is 9.10. The number of thioether (sulfide) groups is 1. The van der Waals surface area contributed by atoms with Crippen molar-refractivity contribution in [2.75, 3.05) is 5.32 Å². The van der Waals surface area contributed by atoms with Crippen LogP contribution >= 0.6 is 27.7 Å². The number of rotatable bonds is 5. The van der Waals surface area contributed by atoms with Crippen LogP contribution in [0.15, 0.2) is 68.4 Å². The molecule has 0 spiro atoms. The molecule has 0 radical (unpaired) electrons. The zero-order valence-corrected chi connectivity index (χ0v) is 17.5. The largest absolute Gasteiger partial charge is 0.457 e. The predicted molar refractivity (Wildman–Crippen MR) is 116 cm³/mol. The second-order valence-electron chi connectivity index (χ2n) is 6.23. The van der Waals surface area contributed by atoms with Crippen LogP contribution in [0.5, 0.6) is 0 Å². The van der Waals surface area contributed by atoms with Gasteiger partial charge in [-0.15, -0.1) is 0 Å². The molecule has 1 atom stereocenters. The van der Waals surface area contributed by atoms with Crippen molar-refractivity contribution >= 4 is 51.0 Å². The molecule has 2 N–H and O–H groups in total. The number of non-ortho nitro benzene ring substituents is 1. The number of anilines is 1. The van der Waals surface area contributed by atoms with E-state index in [4.69, 9.17) is 4.42 Å². The predicted octanol–water partition coefficient (Wildman–Crippen LogP) is 5.36. The van der Waals surface area contributed by atoms with Gasteiger partial charge < -0.3 is 15.1 Å². The number of benzene rings is 2. The number of nitrogens with zero attached hydrogens (tertiary/aromatic N) is 1. The summed E-state index contributed by atoms with van der Waals surface area (Å²) in [4.78, 5) is 23.1. The number of carbonyl (C=O) groups excluding carboxylic acids is 1. The first-order valence-corrected chi connectivity index (χ1v) is 10.3. The second kappa shape index (κ2) is 8.33. The lowest BCUT2D eigenvalue weighted by molar-refractivity contribution is -0.384. The van der Waals surface area contributed by atoms with Crippen LogP contribution in [0.1, 0.15) is 5.76 Å². The van der Waals surface area contributed by atoms with E-state index in [9.17, 15) is 19.3 Å². The fraction of sp³-hybridized carbons (Fsp3) is 0.0500. The van der Waals surface area contributed by atoms with Crippen molar-refractivity contribution in [3.05, 3.63) is 85.7 Å². The van der Waals surface area contributed by atoms with Gasteiger partial charge in [-0.3, -0.25) is 14.9 Å². The van der Waals surface area contributed by atoms with Crippen molar-refractivity contribution in [3.63, 3.8) is 0 Å². The van der Waals surface area contributed by atoms with E-state index < -0.39 is 16.2 Å². The lowest BCUT2D eigenvalue weighted by atomic mass is 10.1. The van der Waals surface area contributed by atoms with Gasteiger partial charge in [0.1, 0.15) is 17.3 Å². The minimum atomic E-state index is -0.515. The lowest BCUT2D eigenvalue weighted by Gasteiger charge is -2.12. The quantitative estimate of drug-likeness (QED) is 0.284. The first kappa shape index (κ1) is 20.2. The van der Waals surface area contributed by atoms with Gasteiger partial charge in [0, 0.05) is 28.2 Å². The maximum Gasteiger partial charge on any atom is 0.270 e. The Morgan fingerprint density at radius 1 is 1.23 bits per heavy atom. The van der Waals surface area contributed by atoms with Gasteiger partial charge in [-0.25, -0.2) is 4.39 Å². The highest BCUT2D eigenvalue weighted by Crippen LogP contribution is 2.35. The maximum atomic E-state index is 13.8. The summed E-state index contributed by atoms with van der Waals surface area (Å²) < 4.78 is 20.1. The third-order valence-electron chi connectivity index (χ3n) is 4.22. The number of halogens is 2. The molecule has 0 saturated carbocycles. The van der Waals surface area contributed by atoms with Crippen molar-refractivity contribution in [1.29, 1.82) is 0 Å². The molecular weight excluding hydrogens is 477 g/mol. The van der Waals surface area contributed by atoms with Gasteiger partial charge in [0.25, 0.3) is 11.6 Å². The summed E-state index contributed by atoms with van der Waals surface area (Å²) in [6.45, 7) is 0. The third kappa shape index (κ3) is 4.24. The Morgan fingerprint density at radius 3 is 2.77 bits per heavy atom. The van der Waals surface area contributed by atoms with Gasteiger partial charge >= 0.3 is 0 Å². The minimum absolute atomic E-state index is 0.0352. The first-order chi connectivity index (χ1) is 14.4. The van der Waals surface area contributed by atoms with E-state index >= 15 is 0 Å². The molecule has 10 heteroatoms. The Balaban J connectivity index is 1.51. The van der Waals surface area contributed by atoms with Gasteiger partial charge in [0.2, 0.25) is 0 Å². The lowest BCUT2D eigenvalue weighted by Crippen LogP contribution is -2.31. The number of nitro groups is 1. The summed E-state index contributed by atoms with van der Waals surface area (Å²) in [5.41, 5.74) is 0.388. The minimum Gasteiger partial charge on any atom is -0.457 e. The maximum absolute atomic E-state index is 13.8. The van der Waals surface area contributed by atoms with Crippen LogP contribution in [-0.4, -0.2) is 16.3 Å². The Morgan fingerprint density at radius 2 is 2.03 bits per heavy atom. The molecule has 7 nitrogen and oxygen atoms in total. The molecule has 1 saturated heterocycles. The molecule has 1 amide bonds. The molecule has 1 aliphatic heterocycles. The number of para-hydroxylation sites is 1. The van der Waals surface area contributed by atoms with Crippen LogP contribution in [0.2, 0.25) is 0 Å². The van der Waals surface area contributed by atoms with Gasteiger partial charge in [0.15, 0.2) is 5.50 Å².